The predicted octanol–water partition coefficient (Wildman–Crippen LogP) is 0.324. The number of ether oxygens (including phenoxy) is 1. The number of nitrogens with one attached hydrogen (secondary N) is 1. The summed E-state index contributed by atoms with van der Waals surface area (Å²) in [6, 6.07) is 0. The molecule has 1 aliphatic heterocycles. The standard InChI is InChI=1S/C13H24N2O4/c1-10(2)19-9-12(16)15-5-3-4-11(8-15)6-14-7-13(17)18/h10-11,14H,3-9H2,1-2H3,(H,17,18). The first-order valence-electron chi connectivity index (χ1n) is 6.81. The molecule has 2 N–H and O–H groups in total. The van der Waals surface area contributed by atoms with E-state index in [1.54, 1.807) is 0 Å². The molecule has 19 heavy (non-hydrogen) atoms. The van der Waals surface area contributed by atoms with E-state index >= 15 is 0 Å². The highest BCUT2D eigenvalue weighted by molar-refractivity contribution is 5.77. The lowest BCUT2D eigenvalue weighted by atomic mass is 9.98. The Balaban J connectivity index is 2.28. The third-order valence-electron chi connectivity index (χ3n) is 3.12. The second-order valence-corrected chi connectivity index (χ2v) is 5.23. The van der Waals surface area contributed by atoms with E-state index in [-0.39, 0.29) is 25.2 Å². The van der Waals surface area contributed by atoms with Crippen molar-refractivity contribution in [2.45, 2.75) is 32.8 Å². The van der Waals surface area contributed by atoms with Crippen molar-refractivity contribution in [2.75, 3.05) is 32.8 Å². The van der Waals surface area contributed by atoms with Gasteiger partial charge in [0.2, 0.25) is 5.91 Å². The number of piperidine rings is 1. The molecule has 0 aromatic carbocycles. The molecule has 1 amide bonds. The third-order valence-corrected chi connectivity index (χ3v) is 3.12. The van der Waals surface area contributed by atoms with Gasteiger partial charge in [0, 0.05) is 19.6 Å². The first kappa shape index (κ1) is 15.9. The zero-order valence-electron chi connectivity index (χ0n) is 11.7. The smallest absolute Gasteiger partial charge is 0.317 e. The highest BCUT2D eigenvalue weighted by Crippen LogP contribution is 2.15. The number of carboxylic acids is 1. The summed E-state index contributed by atoms with van der Waals surface area (Å²) in [5.74, 6) is -0.498. The van der Waals surface area contributed by atoms with Crippen molar-refractivity contribution >= 4 is 11.9 Å². The summed E-state index contributed by atoms with van der Waals surface area (Å²) in [6.45, 7) is 6.02. The fraction of sp³-hybridized carbons (Fsp3) is 0.846. The summed E-state index contributed by atoms with van der Waals surface area (Å²) < 4.78 is 5.32. The Bertz CT molecular complexity index is 307. The molecule has 6 nitrogen and oxygen atoms in total. The van der Waals surface area contributed by atoms with Gasteiger partial charge in [0.05, 0.1) is 12.6 Å². The minimum atomic E-state index is -0.853. The third kappa shape index (κ3) is 6.54. The van der Waals surface area contributed by atoms with E-state index in [0.29, 0.717) is 19.0 Å². The molecule has 1 rings (SSSR count). The summed E-state index contributed by atoms with van der Waals surface area (Å²) in [6.07, 6.45) is 2.05. The average molecular weight is 272 g/mol. The van der Waals surface area contributed by atoms with E-state index in [1.807, 2.05) is 18.7 Å². The van der Waals surface area contributed by atoms with Gasteiger partial charge < -0.3 is 20.1 Å². The van der Waals surface area contributed by atoms with Crippen LogP contribution in [0.1, 0.15) is 26.7 Å². The fourth-order valence-corrected chi connectivity index (χ4v) is 2.17. The van der Waals surface area contributed by atoms with Gasteiger partial charge in [-0.1, -0.05) is 0 Å². The minimum Gasteiger partial charge on any atom is -0.480 e. The molecule has 1 heterocycles. The summed E-state index contributed by atoms with van der Waals surface area (Å²) in [7, 11) is 0. The molecule has 0 aromatic rings. The number of likely N-dealkylation sites (tertiary alicyclic amines) is 1. The van der Waals surface area contributed by atoms with Crippen LogP contribution in [0, 0.1) is 5.92 Å². The normalized spacial score (nSPS) is 19.7. The number of aliphatic carboxylic acids is 1. The SMILES string of the molecule is CC(C)OCC(=O)N1CCCC(CNCC(=O)O)C1. The molecular formula is C13H24N2O4. The van der Waals surface area contributed by atoms with Crippen LogP contribution >= 0.6 is 0 Å². The number of nitrogens with zero attached hydrogens (tertiary/aromatic N) is 1. The number of carbonyl (C=O) groups is 2. The van der Waals surface area contributed by atoms with E-state index < -0.39 is 5.97 Å². The molecule has 1 fully saturated rings. The van der Waals surface area contributed by atoms with Crippen molar-refractivity contribution in [1.29, 1.82) is 0 Å². The Kier molecular flexibility index (Phi) is 6.80. The number of hydrogen-bond acceptors (Lipinski definition) is 4. The summed E-state index contributed by atoms with van der Waals surface area (Å²) in [5.41, 5.74) is 0. The molecule has 1 unspecified atom stereocenters. The number of rotatable bonds is 7. The highest BCUT2D eigenvalue weighted by atomic mass is 16.5. The fourth-order valence-electron chi connectivity index (χ4n) is 2.17. The van der Waals surface area contributed by atoms with Crippen LogP contribution in [-0.2, 0) is 14.3 Å². The van der Waals surface area contributed by atoms with Crippen molar-refractivity contribution in [3.63, 3.8) is 0 Å². The largest absolute Gasteiger partial charge is 0.480 e. The lowest BCUT2D eigenvalue weighted by molar-refractivity contribution is -0.139. The van der Waals surface area contributed by atoms with Crippen LogP contribution in [-0.4, -0.2) is 60.8 Å². The number of hydrogen-bond donors (Lipinski definition) is 2. The molecule has 6 heteroatoms. The van der Waals surface area contributed by atoms with Gasteiger partial charge in [0.1, 0.15) is 6.61 Å². The van der Waals surface area contributed by atoms with E-state index in [2.05, 4.69) is 5.32 Å². The second kappa shape index (κ2) is 8.12. The molecule has 0 bridgehead atoms. The van der Waals surface area contributed by atoms with Gasteiger partial charge in [0.15, 0.2) is 0 Å². The van der Waals surface area contributed by atoms with E-state index in [4.69, 9.17) is 9.84 Å². The van der Waals surface area contributed by atoms with Crippen LogP contribution in [0.3, 0.4) is 0 Å². The van der Waals surface area contributed by atoms with Gasteiger partial charge in [-0.25, -0.2) is 0 Å². The number of carboxylic acid groups (broad SMARTS) is 1. The molecule has 1 atom stereocenters. The van der Waals surface area contributed by atoms with Crippen molar-refractivity contribution < 1.29 is 19.4 Å². The lowest BCUT2D eigenvalue weighted by Gasteiger charge is -2.33. The monoisotopic (exact) mass is 272 g/mol. The summed E-state index contributed by atoms with van der Waals surface area (Å²) >= 11 is 0. The predicted molar refractivity (Wildman–Crippen MR) is 70.9 cm³/mol. The van der Waals surface area contributed by atoms with Crippen LogP contribution in [0.4, 0.5) is 0 Å². The first-order chi connectivity index (χ1) is 8.99. The van der Waals surface area contributed by atoms with Crippen LogP contribution in [0.5, 0.6) is 0 Å². The Labute approximate surface area is 114 Å². The van der Waals surface area contributed by atoms with Crippen molar-refractivity contribution in [1.82, 2.24) is 10.2 Å². The quantitative estimate of drug-likeness (QED) is 0.698. The summed E-state index contributed by atoms with van der Waals surface area (Å²) in [4.78, 5) is 24.2. The molecule has 0 aliphatic carbocycles. The van der Waals surface area contributed by atoms with Crippen LogP contribution in [0.2, 0.25) is 0 Å². The van der Waals surface area contributed by atoms with E-state index in [9.17, 15) is 9.59 Å². The molecule has 0 spiro atoms. The van der Waals surface area contributed by atoms with Crippen LogP contribution < -0.4 is 5.32 Å². The lowest BCUT2D eigenvalue weighted by Crippen LogP contribution is -2.44. The van der Waals surface area contributed by atoms with Gasteiger partial charge in [0.25, 0.3) is 0 Å². The second-order valence-electron chi connectivity index (χ2n) is 5.23. The highest BCUT2D eigenvalue weighted by Gasteiger charge is 2.23. The van der Waals surface area contributed by atoms with Gasteiger partial charge >= 0.3 is 5.97 Å². The first-order valence-corrected chi connectivity index (χ1v) is 6.81. The Morgan fingerprint density at radius 3 is 2.84 bits per heavy atom. The average Bonchev–Trinajstić information content (AvgIpc) is 2.36. The topological polar surface area (TPSA) is 78.9 Å². The Morgan fingerprint density at radius 2 is 2.21 bits per heavy atom. The zero-order valence-corrected chi connectivity index (χ0v) is 11.7. The molecule has 0 aromatic heterocycles. The van der Waals surface area contributed by atoms with Crippen LogP contribution in [0.15, 0.2) is 0 Å². The Morgan fingerprint density at radius 1 is 1.47 bits per heavy atom. The molecule has 110 valence electrons. The van der Waals surface area contributed by atoms with Gasteiger partial charge in [-0.2, -0.15) is 0 Å². The molecule has 0 saturated carbocycles. The molecule has 1 aliphatic rings. The van der Waals surface area contributed by atoms with Crippen LogP contribution in [0.25, 0.3) is 0 Å². The minimum absolute atomic E-state index is 0.0247. The van der Waals surface area contributed by atoms with Crippen molar-refractivity contribution in [3.05, 3.63) is 0 Å². The maximum Gasteiger partial charge on any atom is 0.317 e. The van der Waals surface area contributed by atoms with Crippen molar-refractivity contribution in [2.24, 2.45) is 5.92 Å². The summed E-state index contributed by atoms with van der Waals surface area (Å²) in [5, 5.41) is 11.5. The maximum atomic E-state index is 11.9. The van der Waals surface area contributed by atoms with Gasteiger partial charge in [-0.15, -0.1) is 0 Å². The molecule has 1 saturated heterocycles. The van der Waals surface area contributed by atoms with Gasteiger partial charge in [-0.3, -0.25) is 9.59 Å². The Hall–Kier alpha value is -1.14. The molecular weight excluding hydrogens is 248 g/mol. The zero-order chi connectivity index (χ0) is 14.3. The van der Waals surface area contributed by atoms with E-state index in [1.165, 1.54) is 0 Å². The maximum absolute atomic E-state index is 11.9. The van der Waals surface area contributed by atoms with E-state index in [0.717, 1.165) is 19.4 Å². The number of amides is 1. The molecule has 0 radical (unpaired) electrons. The number of carbonyl (C=O) groups excluding carboxylic acids is 1. The van der Waals surface area contributed by atoms with Gasteiger partial charge in [-0.05, 0) is 32.6 Å². The van der Waals surface area contributed by atoms with Crippen molar-refractivity contribution in [3.8, 4) is 0 Å².